The molecule has 0 saturated heterocycles. The van der Waals surface area contributed by atoms with E-state index in [0.717, 1.165) is 22.0 Å². The van der Waals surface area contributed by atoms with Crippen molar-refractivity contribution in [1.29, 1.82) is 0 Å². The van der Waals surface area contributed by atoms with Crippen LogP contribution >= 0.6 is 11.8 Å². The number of benzene rings is 2. The van der Waals surface area contributed by atoms with Gasteiger partial charge in [0.05, 0.1) is 19.4 Å². The minimum absolute atomic E-state index is 0.101. The van der Waals surface area contributed by atoms with E-state index in [0.29, 0.717) is 13.1 Å². The number of para-hydroxylation sites is 1. The summed E-state index contributed by atoms with van der Waals surface area (Å²) in [7, 11) is 1.65. The number of halogens is 1. The lowest BCUT2D eigenvalue weighted by atomic mass is 10.2. The molecule has 0 spiro atoms. The maximum atomic E-state index is 12.9. The molecule has 0 saturated carbocycles. The predicted octanol–water partition coefficient (Wildman–Crippen LogP) is 3.49. The van der Waals surface area contributed by atoms with Gasteiger partial charge < -0.3 is 14.6 Å². The van der Waals surface area contributed by atoms with Crippen LogP contribution in [0.3, 0.4) is 0 Å². The average Bonchev–Trinajstić information content (AvgIpc) is 3.13. The molecule has 7 heteroatoms. The van der Waals surface area contributed by atoms with Gasteiger partial charge in [-0.15, -0.1) is 0 Å². The molecule has 1 aromatic heterocycles. The van der Waals surface area contributed by atoms with E-state index >= 15 is 0 Å². The number of ether oxygens (including phenoxy) is 1. The summed E-state index contributed by atoms with van der Waals surface area (Å²) in [6, 6.07) is 13.9. The van der Waals surface area contributed by atoms with Gasteiger partial charge in [-0.2, -0.15) is 0 Å². The Labute approximate surface area is 161 Å². The maximum Gasteiger partial charge on any atom is 0.230 e. The van der Waals surface area contributed by atoms with Gasteiger partial charge in [0.15, 0.2) is 5.16 Å². The molecule has 3 aromatic rings. The van der Waals surface area contributed by atoms with Crippen LogP contribution in [-0.2, 0) is 17.9 Å². The molecule has 0 aliphatic heterocycles. The summed E-state index contributed by atoms with van der Waals surface area (Å²) < 4.78 is 20.3. The number of nitrogens with one attached hydrogen (secondary N) is 1. The van der Waals surface area contributed by atoms with Crippen LogP contribution in [0.25, 0.3) is 0 Å². The molecule has 0 atom stereocenters. The van der Waals surface area contributed by atoms with Gasteiger partial charge in [-0.05, 0) is 23.8 Å². The number of carbonyl (C=O) groups is 1. The largest absolute Gasteiger partial charge is 0.496 e. The van der Waals surface area contributed by atoms with Crippen LogP contribution in [0.4, 0.5) is 4.39 Å². The van der Waals surface area contributed by atoms with Gasteiger partial charge >= 0.3 is 0 Å². The number of thioether (sulfide) groups is 1. The Morgan fingerprint density at radius 1 is 1.22 bits per heavy atom. The molecule has 5 nitrogen and oxygen atoms in total. The second-order valence-corrected chi connectivity index (χ2v) is 6.78. The van der Waals surface area contributed by atoms with Gasteiger partial charge in [0.1, 0.15) is 11.6 Å². The molecule has 0 unspecified atom stereocenters. The molecule has 0 aliphatic rings. The van der Waals surface area contributed by atoms with Gasteiger partial charge in [-0.1, -0.05) is 42.1 Å². The maximum absolute atomic E-state index is 12.9. The fourth-order valence-corrected chi connectivity index (χ4v) is 3.35. The van der Waals surface area contributed by atoms with E-state index in [1.165, 1.54) is 23.9 Å². The van der Waals surface area contributed by atoms with Crippen molar-refractivity contribution in [3.8, 4) is 5.75 Å². The summed E-state index contributed by atoms with van der Waals surface area (Å²) in [4.78, 5) is 16.4. The van der Waals surface area contributed by atoms with Crippen LogP contribution in [0.1, 0.15) is 11.1 Å². The van der Waals surface area contributed by atoms with Crippen molar-refractivity contribution in [3.63, 3.8) is 0 Å². The van der Waals surface area contributed by atoms with Gasteiger partial charge in [-0.25, -0.2) is 9.37 Å². The van der Waals surface area contributed by atoms with Crippen molar-refractivity contribution in [2.45, 2.75) is 18.2 Å². The normalized spacial score (nSPS) is 10.6. The highest BCUT2D eigenvalue weighted by molar-refractivity contribution is 7.99. The van der Waals surface area contributed by atoms with E-state index in [4.69, 9.17) is 4.74 Å². The first-order valence-corrected chi connectivity index (χ1v) is 9.41. The molecular weight excluding hydrogens is 365 g/mol. The Morgan fingerprint density at radius 2 is 2.00 bits per heavy atom. The van der Waals surface area contributed by atoms with Crippen LogP contribution < -0.4 is 10.1 Å². The zero-order valence-electron chi connectivity index (χ0n) is 14.9. The van der Waals surface area contributed by atoms with Gasteiger partial charge in [0.2, 0.25) is 5.91 Å². The van der Waals surface area contributed by atoms with Crippen molar-refractivity contribution in [3.05, 3.63) is 77.9 Å². The Hall–Kier alpha value is -2.80. The Balaban J connectivity index is 1.53. The second-order valence-electron chi connectivity index (χ2n) is 5.84. The predicted molar refractivity (Wildman–Crippen MR) is 103 cm³/mol. The first-order valence-electron chi connectivity index (χ1n) is 8.42. The van der Waals surface area contributed by atoms with E-state index in [1.54, 1.807) is 25.4 Å². The van der Waals surface area contributed by atoms with Gasteiger partial charge in [0.25, 0.3) is 0 Å². The lowest BCUT2D eigenvalue weighted by molar-refractivity contribution is -0.118. The number of nitrogens with zero attached hydrogens (tertiary/aromatic N) is 2. The SMILES string of the molecule is COc1ccccc1Cn1ccnc1SCC(=O)NCc1ccc(F)cc1. The quantitative estimate of drug-likeness (QED) is 0.603. The standard InChI is InChI=1S/C20H20FN3O2S/c1-26-18-5-3-2-4-16(18)13-24-11-10-22-20(24)27-14-19(25)23-12-15-6-8-17(21)9-7-15/h2-11H,12-14H2,1H3,(H,23,25). The smallest absolute Gasteiger partial charge is 0.230 e. The molecule has 1 heterocycles. The molecule has 1 amide bonds. The van der Waals surface area contributed by atoms with E-state index in [1.807, 2.05) is 35.0 Å². The van der Waals surface area contributed by atoms with E-state index in [2.05, 4.69) is 10.3 Å². The van der Waals surface area contributed by atoms with E-state index in [-0.39, 0.29) is 17.5 Å². The lowest BCUT2D eigenvalue weighted by Crippen LogP contribution is -2.24. The van der Waals surface area contributed by atoms with Crippen LogP contribution in [0.5, 0.6) is 5.75 Å². The summed E-state index contributed by atoms with van der Waals surface area (Å²) >= 11 is 1.37. The van der Waals surface area contributed by atoms with Crippen LogP contribution in [0, 0.1) is 5.82 Å². The lowest BCUT2D eigenvalue weighted by Gasteiger charge is -2.11. The van der Waals surface area contributed by atoms with Gasteiger partial charge in [0, 0.05) is 24.5 Å². The zero-order chi connectivity index (χ0) is 19.1. The first-order chi connectivity index (χ1) is 13.2. The average molecular weight is 385 g/mol. The number of imidazole rings is 1. The highest BCUT2D eigenvalue weighted by atomic mass is 32.2. The molecule has 0 radical (unpaired) electrons. The van der Waals surface area contributed by atoms with Crippen molar-refractivity contribution >= 4 is 17.7 Å². The summed E-state index contributed by atoms with van der Waals surface area (Å²) in [6.45, 7) is 0.985. The molecule has 2 aromatic carbocycles. The zero-order valence-corrected chi connectivity index (χ0v) is 15.7. The molecule has 3 rings (SSSR count). The fourth-order valence-electron chi connectivity index (χ4n) is 2.56. The number of carbonyl (C=O) groups excluding carboxylic acids is 1. The third-order valence-corrected chi connectivity index (χ3v) is 4.95. The summed E-state index contributed by atoms with van der Waals surface area (Å²) in [5.74, 6) is 0.683. The Kier molecular flexibility index (Phi) is 6.49. The minimum atomic E-state index is -0.289. The number of rotatable bonds is 8. The highest BCUT2D eigenvalue weighted by Crippen LogP contribution is 2.22. The first kappa shape index (κ1) is 19.0. The molecule has 1 N–H and O–H groups in total. The number of hydrogen-bond donors (Lipinski definition) is 1. The Bertz CT molecular complexity index is 896. The van der Waals surface area contributed by atoms with Crippen LogP contribution in [0.2, 0.25) is 0 Å². The molecule has 0 bridgehead atoms. The summed E-state index contributed by atoms with van der Waals surface area (Å²) in [5.41, 5.74) is 1.90. The highest BCUT2D eigenvalue weighted by Gasteiger charge is 2.10. The van der Waals surface area contributed by atoms with Crippen molar-refractivity contribution < 1.29 is 13.9 Å². The molecule has 0 aliphatic carbocycles. The summed E-state index contributed by atoms with van der Waals surface area (Å²) in [5, 5.41) is 3.59. The third kappa shape index (κ3) is 5.34. The molecule has 0 fully saturated rings. The Morgan fingerprint density at radius 3 is 2.78 bits per heavy atom. The number of aromatic nitrogens is 2. The fraction of sp³-hybridized carbons (Fsp3) is 0.200. The molecule has 27 heavy (non-hydrogen) atoms. The minimum Gasteiger partial charge on any atom is -0.496 e. The third-order valence-electron chi connectivity index (χ3n) is 3.95. The van der Waals surface area contributed by atoms with E-state index < -0.39 is 0 Å². The van der Waals surface area contributed by atoms with Crippen molar-refractivity contribution in [2.24, 2.45) is 0 Å². The molecular formula is C20H20FN3O2S. The van der Waals surface area contributed by atoms with Crippen LogP contribution in [-0.4, -0.2) is 28.3 Å². The topological polar surface area (TPSA) is 56.2 Å². The van der Waals surface area contributed by atoms with Crippen molar-refractivity contribution in [1.82, 2.24) is 14.9 Å². The van der Waals surface area contributed by atoms with E-state index in [9.17, 15) is 9.18 Å². The number of methoxy groups -OCH3 is 1. The summed E-state index contributed by atoms with van der Waals surface area (Å²) in [6.07, 6.45) is 3.60. The number of amides is 1. The van der Waals surface area contributed by atoms with Crippen molar-refractivity contribution in [2.75, 3.05) is 12.9 Å². The number of hydrogen-bond acceptors (Lipinski definition) is 4. The second kappa shape index (κ2) is 9.23. The van der Waals surface area contributed by atoms with Gasteiger partial charge in [-0.3, -0.25) is 4.79 Å². The molecule has 140 valence electrons. The monoisotopic (exact) mass is 385 g/mol. The van der Waals surface area contributed by atoms with Crippen LogP contribution in [0.15, 0.2) is 66.1 Å².